The summed E-state index contributed by atoms with van der Waals surface area (Å²) >= 11 is 0. The van der Waals surface area contributed by atoms with Gasteiger partial charge in [0.15, 0.2) is 0 Å². The number of nitrogens with one attached hydrogen (secondary N) is 1. The highest BCUT2D eigenvalue weighted by atomic mass is 16.5. The zero-order valence-electron chi connectivity index (χ0n) is 12.4. The molecule has 1 aromatic carbocycles. The van der Waals surface area contributed by atoms with Crippen LogP contribution in [0.15, 0.2) is 24.3 Å². The summed E-state index contributed by atoms with van der Waals surface area (Å²) < 4.78 is 10.9. The van der Waals surface area contributed by atoms with Crippen LogP contribution >= 0.6 is 0 Å². The van der Waals surface area contributed by atoms with Crippen LogP contribution in [0.25, 0.3) is 0 Å². The van der Waals surface area contributed by atoms with Gasteiger partial charge in [-0.1, -0.05) is 31.5 Å². The molecular formula is C16H27NO2. The fraction of sp³-hybridized carbons (Fsp3) is 0.625. The van der Waals surface area contributed by atoms with Crippen LogP contribution in [0.2, 0.25) is 0 Å². The molecule has 19 heavy (non-hydrogen) atoms. The molecule has 0 aliphatic carbocycles. The SMILES string of the molecule is CCCCOCCCNC(C)c1ccccc1OC. The molecule has 0 amide bonds. The van der Waals surface area contributed by atoms with Crippen molar-refractivity contribution in [1.82, 2.24) is 5.32 Å². The lowest BCUT2D eigenvalue weighted by Gasteiger charge is -2.17. The Balaban J connectivity index is 2.22. The Kier molecular flexibility index (Phi) is 8.26. The molecule has 1 aromatic rings. The Bertz CT molecular complexity index is 341. The van der Waals surface area contributed by atoms with Gasteiger partial charge in [0, 0.05) is 24.8 Å². The van der Waals surface area contributed by atoms with E-state index < -0.39 is 0 Å². The van der Waals surface area contributed by atoms with Gasteiger partial charge in [0.2, 0.25) is 0 Å². The van der Waals surface area contributed by atoms with Gasteiger partial charge in [-0.3, -0.25) is 0 Å². The number of hydrogen-bond donors (Lipinski definition) is 1. The van der Waals surface area contributed by atoms with Crippen LogP contribution < -0.4 is 10.1 Å². The van der Waals surface area contributed by atoms with Crippen molar-refractivity contribution in [2.75, 3.05) is 26.9 Å². The third kappa shape index (κ3) is 6.08. The first-order valence-electron chi connectivity index (χ1n) is 7.23. The van der Waals surface area contributed by atoms with Crippen molar-refractivity contribution in [3.8, 4) is 5.75 Å². The largest absolute Gasteiger partial charge is 0.496 e. The summed E-state index contributed by atoms with van der Waals surface area (Å²) in [5.74, 6) is 0.946. The summed E-state index contributed by atoms with van der Waals surface area (Å²) in [4.78, 5) is 0. The molecule has 108 valence electrons. The summed E-state index contributed by atoms with van der Waals surface area (Å²) in [7, 11) is 1.72. The fourth-order valence-corrected chi connectivity index (χ4v) is 1.98. The molecular weight excluding hydrogens is 238 g/mol. The summed E-state index contributed by atoms with van der Waals surface area (Å²) in [5, 5.41) is 3.50. The van der Waals surface area contributed by atoms with E-state index in [1.807, 2.05) is 18.2 Å². The van der Waals surface area contributed by atoms with Crippen LogP contribution in [0.1, 0.15) is 44.7 Å². The molecule has 0 spiro atoms. The molecule has 3 heteroatoms. The molecule has 0 aliphatic rings. The molecule has 0 aliphatic heterocycles. The van der Waals surface area contributed by atoms with E-state index in [2.05, 4.69) is 25.2 Å². The second kappa shape index (κ2) is 9.82. The van der Waals surface area contributed by atoms with E-state index in [1.54, 1.807) is 7.11 Å². The lowest BCUT2D eigenvalue weighted by Crippen LogP contribution is -2.21. The molecule has 0 aromatic heterocycles. The van der Waals surface area contributed by atoms with Gasteiger partial charge in [0.05, 0.1) is 7.11 Å². The van der Waals surface area contributed by atoms with Gasteiger partial charge in [-0.05, 0) is 32.4 Å². The van der Waals surface area contributed by atoms with Gasteiger partial charge in [-0.2, -0.15) is 0 Å². The molecule has 0 saturated carbocycles. The number of rotatable bonds is 10. The third-order valence-electron chi connectivity index (χ3n) is 3.16. The van der Waals surface area contributed by atoms with E-state index in [1.165, 1.54) is 12.0 Å². The molecule has 0 radical (unpaired) electrons. The first-order chi connectivity index (χ1) is 9.29. The van der Waals surface area contributed by atoms with Crippen molar-refractivity contribution in [2.24, 2.45) is 0 Å². The average Bonchev–Trinajstić information content (AvgIpc) is 2.46. The van der Waals surface area contributed by atoms with Crippen LogP contribution in [-0.2, 0) is 4.74 Å². The second-order valence-electron chi connectivity index (χ2n) is 4.74. The quantitative estimate of drug-likeness (QED) is 0.656. The molecule has 3 nitrogen and oxygen atoms in total. The highest BCUT2D eigenvalue weighted by molar-refractivity contribution is 5.35. The first-order valence-corrected chi connectivity index (χ1v) is 7.23. The Morgan fingerprint density at radius 2 is 1.89 bits per heavy atom. The van der Waals surface area contributed by atoms with E-state index in [-0.39, 0.29) is 0 Å². The van der Waals surface area contributed by atoms with Gasteiger partial charge in [-0.15, -0.1) is 0 Å². The van der Waals surface area contributed by atoms with Crippen molar-refractivity contribution < 1.29 is 9.47 Å². The van der Waals surface area contributed by atoms with Gasteiger partial charge in [0.1, 0.15) is 5.75 Å². The standard InChI is InChI=1S/C16H27NO2/c1-4-5-12-19-13-8-11-17-14(2)15-9-6-7-10-16(15)18-3/h6-7,9-10,14,17H,4-5,8,11-13H2,1-3H3. The van der Waals surface area contributed by atoms with Crippen molar-refractivity contribution >= 4 is 0 Å². The van der Waals surface area contributed by atoms with E-state index >= 15 is 0 Å². The summed E-state index contributed by atoms with van der Waals surface area (Å²) in [5.41, 5.74) is 1.21. The lowest BCUT2D eigenvalue weighted by molar-refractivity contribution is 0.128. The number of unbranched alkanes of at least 4 members (excludes halogenated alkanes) is 1. The van der Waals surface area contributed by atoms with Crippen molar-refractivity contribution in [3.63, 3.8) is 0 Å². The van der Waals surface area contributed by atoms with Crippen molar-refractivity contribution in [2.45, 2.75) is 39.2 Å². The summed E-state index contributed by atoms with van der Waals surface area (Å²) in [6, 6.07) is 8.45. The summed E-state index contributed by atoms with van der Waals surface area (Å²) in [6.45, 7) is 7.03. The van der Waals surface area contributed by atoms with Crippen LogP contribution in [0.4, 0.5) is 0 Å². The zero-order valence-corrected chi connectivity index (χ0v) is 12.4. The molecule has 1 atom stereocenters. The highest BCUT2D eigenvalue weighted by Gasteiger charge is 2.09. The molecule has 0 fully saturated rings. The third-order valence-corrected chi connectivity index (χ3v) is 3.16. The summed E-state index contributed by atoms with van der Waals surface area (Å²) in [6.07, 6.45) is 3.40. The topological polar surface area (TPSA) is 30.5 Å². The Morgan fingerprint density at radius 3 is 2.63 bits per heavy atom. The number of hydrogen-bond acceptors (Lipinski definition) is 3. The van der Waals surface area contributed by atoms with Crippen LogP contribution in [0, 0.1) is 0 Å². The van der Waals surface area contributed by atoms with Crippen molar-refractivity contribution in [3.05, 3.63) is 29.8 Å². The smallest absolute Gasteiger partial charge is 0.123 e. The van der Waals surface area contributed by atoms with Gasteiger partial charge < -0.3 is 14.8 Å². The van der Waals surface area contributed by atoms with E-state index in [0.29, 0.717) is 6.04 Å². The predicted octanol–water partition coefficient (Wildman–Crippen LogP) is 3.55. The predicted molar refractivity (Wildman–Crippen MR) is 79.8 cm³/mol. The average molecular weight is 265 g/mol. The molecule has 0 bridgehead atoms. The molecule has 0 saturated heterocycles. The highest BCUT2D eigenvalue weighted by Crippen LogP contribution is 2.23. The number of ether oxygens (including phenoxy) is 2. The first kappa shape index (κ1) is 16.0. The Labute approximate surface area is 117 Å². The minimum atomic E-state index is 0.298. The maximum atomic E-state index is 5.54. The number of para-hydroxylation sites is 1. The lowest BCUT2D eigenvalue weighted by atomic mass is 10.1. The number of benzene rings is 1. The van der Waals surface area contributed by atoms with E-state index in [9.17, 15) is 0 Å². The second-order valence-corrected chi connectivity index (χ2v) is 4.74. The van der Waals surface area contributed by atoms with Gasteiger partial charge >= 0.3 is 0 Å². The minimum Gasteiger partial charge on any atom is -0.496 e. The Hall–Kier alpha value is -1.06. The van der Waals surface area contributed by atoms with Crippen LogP contribution in [-0.4, -0.2) is 26.9 Å². The van der Waals surface area contributed by atoms with E-state index in [0.717, 1.165) is 38.3 Å². The molecule has 0 heterocycles. The minimum absolute atomic E-state index is 0.298. The van der Waals surface area contributed by atoms with Crippen LogP contribution in [0.5, 0.6) is 5.75 Å². The molecule has 1 N–H and O–H groups in total. The molecule has 1 rings (SSSR count). The van der Waals surface area contributed by atoms with E-state index in [4.69, 9.17) is 9.47 Å². The van der Waals surface area contributed by atoms with Gasteiger partial charge in [0.25, 0.3) is 0 Å². The maximum absolute atomic E-state index is 5.54. The molecule has 1 unspecified atom stereocenters. The normalized spacial score (nSPS) is 12.4. The van der Waals surface area contributed by atoms with Crippen LogP contribution in [0.3, 0.4) is 0 Å². The number of methoxy groups -OCH3 is 1. The fourth-order valence-electron chi connectivity index (χ4n) is 1.98. The van der Waals surface area contributed by atoms with Crippen molar-refractivity contribution in [1.29, 1.82) is 0 Å². The Morgan fingerprint density at radius 1 is 1.16 bits per heavy atom. The maximum Gasteiger partial charge on any atom is 0.123 e. The monoisotopic (exact) mass is 265 g/mol. The van der Waals surface area contributed by atoms with Gasteiger partial charge in [-0.25, -0.2) is 0 Å². The zero-order chi connectivity index (χ0) is 13.9.